The highest BCUT2D eigenvalue weighted by atomic mass is 16.5. The summed E-state index contributed by atoms with van der Waals surface area (Å²) in [6, 6.07) is -0.409. The van der Waals surface area contributed by atoms with Crippen LogP contribution in [-0.4, -0.2) is 30.9 Å². The summed E-state index contributed by atoms with van der Waals surface area (Å²) in [6.07, 6.45) is 1.18. The van der Waals surface area contributed by atoms with E-state index in [9.17, 15) is 9.59 Å². The molecule has 1 unspecified atom stereocenters. The first-order valence-corrected chi connectivity index (χ1v) is 4.12. The number of rotatable bonds is 2. The molecule has 0 spiro atoms. The second kappa shape index (κ2) is 4.02. The van der Waals surface area contributed by atoms with Gasteiger partial charge in [0.15, 0.2) is 0 Å². The van der Waals surface area contributed by atoms with Gasteiger partial charge in [-0.1, -0.05) is 0 Å². The average Bonchev–Trinajstić information content (AvgIpc) is 2.04. The Hall–Kier alpha value is -1.39. The minimum absolute atomic E-state index is 0.140. The van der Waals surface area contributed by atoms with Crippen molar-refractivity contribution in [1.82, 2.24) is 5.32 Å². The fraction of sp³-hybridized carbons (Fsp3) is 0.625. The van der Waals surface area contributed by atoms with Crippen LogP contribution >= 0.6 is 0 Å². The molecule has 0 fully saturated rings. The topological polar surface area (TPSA) is 67.8 Å². The van der Waals surface area contributed by atoms with E-state index in [1.807, 2.05) is 0 Å². The van der Waals surface area contributed by atoms with E-state index in [1.165, 1.54) is 6.21 Å². The summed E-state index contributed by atoms with van der Waals surface area (Å²) in [7, 11) is 0. The van der Waals surface area contributed by atoms with Gasteiger partial charge < -0.3 is 10.1 Å². The Bertz CT molecular complexity index is 248. The molecular formula is C8H12N2O3. The van der Waals surface area contributed by atoms with Crippen molar-refractivity contribution in [2.45, 2.75) is 20.0 Å². The number of esters is 1. The predicted molar refractivity (Wildman–Crippen MR) is 46.6 cm³/mol. The van der Waals surface area contributed by atoms with Crippen molar-refractivity contribution in [2.75, 3.05) is 6.54 Å². The number of nitrogens with zero attached hydrogens (tertiary/aromatic N) is 1. The minimum atomic E-state index is -0.444. The molecule has 1 heterocycles. The predicted octanol–water partition coefficient (Wildman–Crippen LogP) is 0.348. The van der Waals surface area contributed by atoms with Gasteiger partial charge in [-0.15, -0.1) is 0 Å². The molecule has 0 radical (unpaired) electrons. The summed E-state index contributed by atoms with van der Waals surface area (Å²) in [4.78, 5) is 25.3. The molecule has 1 atom stereocenters. The van der Waals surface area contributed by atoms with Crippen LogP contribution in [0.15, 0.2) is 4.99 Å². The average molecular weight is 184 g/mol. The Morgan fingerprint density at radius 2 is 2.46 bits per heavy atom. The maximum Gasteiger partial charge on any atom is 0.340 e. The second-order valence-corrected chi connectivity index (χ2v) is 3.06. The smallest absolute Gasteiger partial charge is 0.340 e. The number of nitrogens with one attached hydrogen (secondary N) is 1. The van der Waals surface area contributed by atoms with Crippen molar-refractivity contribution >= 4 is 18.2 Å². The van der Waals surface area contributed by atoms with Crippen LogP contribution < -0.4 is 5.32 Å². The zero-order valence-electron chi connectivity index (χ0n) is 7.61. The molecule has 0 saturated carbocycles. The lowest BCUT2D eigenvalue weighted by molar-refractivity contribution is -0.149. The molecule has 1 N–H and O–H groups in total. The summed E-state index contributed by atoms with van der Waals surface area (Å²) in [5.41, 5.74) is 0. The maximum absolute atomic E-state index is 11.3. The van der Waals surface area contributed by atoms with E-state index < -0.39 is 11.9 Å². The molecule has 5 nitrogen and oxygen atoms in total. The largest absolute Gasteiger partial charge is 0.462 e. The Morgan fingerprint density at radius 3 is 2.92 bits per heavy atom. The molecule has 0 bridgehead atoms. The minimum Gasteiger partial charge on any atom is -0.462 e. The molecule has 1 aliphatic heterocycles. The van der Waals surface area contributed by atoms with E-state index in [0.717, 1.165) is 0 Å². The molecule has 2 amide bonds. The Balaban J connectivity index is 2.49. The third-order valence-electron chi connectivity index (χ3n) is 1.50. The molecule has 0 saturated heterocycles. The first-order chi connectivity index (χ1) is 6.09. The van der Waals surface area contributed by atoms with Gasteiger partial charge in [0.1, 0.15) is 5.92 Å². The highest BCUT2D eigenvalue weighted by molar-refractivity contribution is 5.97. The van der Waals surface area contributed by atoms with Crippen LogP contribution in [0.3, 0.4) is 0 Å². The third kappa shape index (κ3) is 2.85. The van der Waals surface area contributed by atoms with Crippen LogP contribution in [0.1, 0.15) is 13.8 Å². The SMILES string of the molecule is CC(C)OC(=O)C1C=NC(=O)NC1. The van der Waals surface area contributed by atoms with E-state index >= 15 is 0 Å². The monoisotopic (exact) mass is 184 g/mol. The molecular weight excluding hydrogens is 172 g/mol. The fourth-order valence-corrected chi connectivity index (χ4v) is 0.917. The highest BCUT2D eigenvalue weighted by Crippen LogP contribution is 2.02. The Labute approximate surface area is 76.2 Å². The van der Waals surface area contributed by atoms with E-state index in [1.54, 1.807) is 13.8 Å². The van der Waals surface area contributed by atoms with E-state index in [0.29, 0.717) is 0 Å². The summed E-state index contributed by atoms with van der Waals surface area (Å²) in [5.74, 6) is -0.793. The number of aliphatic imine (C=N–C) groups is 1. The van der Waals surface area contributed by atoms with Gasteiger partial charge in [-0.05, 0) is 13.8 Å². The fourth-order valence-electron chi connectivity index (χ4n) is 0.917. The molecule has 0 aromatic rings. The van der Waals surface area contributed by atoms with Crippen molar-refractivity contribution in [1.29, 1.82) is 0 Å². The summed E-state index contributed by atoms with van der Waals surface area (Å²) in [6.45, 7) is 3.82. The van der Waals surface area contributed by atoms with E-state index in [-0.39, 0.29) is 18.6 Å². The van der Waals surface area contributed by atoms with Gasteiger partial charge in [0.2, 0.25) is 0 Å². The van der Waals surface area contributed by atoms with Crippen molar-refractivity contribution in [3.8, 4) is 0 Å². The number of amides is 2. The van der Waals surface area contributed by atoms with Crippen LogP contribution in [0.25, 0.3) is 0 Å². The molecule has 72 valence electrons. The molecule has 0 aromatic carbocycles. The first-order valence-electron chi connectivity index (χ1n) is 4.12. The van der Waals surface area contributed by atoms with Gasteiger partial charge >= 0.3 is 12.0 Å². The third-order valence-corrected chi connectivity index (χ3v) is 1.50. The maximum atomic E-state index is 11.3. The number of hydrogen-bond donors (Lipinski definition) is 1. The van der Waals surface area contributed by atoms with Crippen molar-refractivity contribution in [3.63, 3.8) is 0 Å². The number of carbonyl (C=O) groups excluding carboxylic acids is 2. The van der Waals surface area contributed by atoms with Crippen molar-refractivity contribution < 1.29 is 14.3 Å². The summed E-state index contributed by atoms with van der Waals surface area (Å²) >= 11 is 0. The van der Waals surface area contributed by atoms with Gasteiger partial charge in [-0.2, -0.15) is 0 Å². The standard InChI is InChI=1S/C8H12N2O3/c1-5(2)13-7(11)6-3-9-8(12)10-4-6/h3,5-6H,4H2,1-2H3,(H,10,12). The van der Waals surface area contributed by atoms with Gasteiger partial charge in [0.25, 0.3) is 0 Å². The molecule has 1 rings (SSSR count). The Kier molecular flexibility index (Phi) is 3.00. The van der Waals surface area contributed by atoms with Crippen molar-refractivity contribution in [2.24, 2.45) is 10.9 Å². The normalized spacial score (nSPS) is 21.5. The number of hydrogen-bond acceptors (Lipinski definition) is 3. The van der Waals surface area contributed by atoms with Crippen LogP contribution in [0, 0.1) is 5.92 Å². The Morgan fingerprint density at radius 1 is 1.77 bits per heavy atom. The summed E-state index contributed by atoms with van der Waals surface area (Å²) < 4.78 is 4.94. The zero-order chi connectivity index (χ0) is 9.84. The number of ether oxygens (including phenoxy) is 1. The quantitative estimate of drug-likeness (QED) is 0.629. The lowest BCUT2D eigenvalue weighted by Crippen LogP contribution is -2.38. The number of urea groups is 1. The zero-order valence-corrected chi connectivity index (χ0v) is 7.61. The van der Waals surface area contributed by atoms with Gasteiger partial charge in [-0.3, -0.25) is 4.79 Å². The lowest BCUT2D eigenvalue weighted by Gasteiger charge is -2.16. The van der Waals surface area contributed by atoms with Crippen LogP contribution in [0.4, 0.5) is 4.79 Å². The summed E-state index contributed by atoms with van der Waals surface area (Å²) in [5, 5.41) is 2.45. The van der Waals surface area contributed by atoms with Crippen LogP contribution in [0.5, 0.6) is 0 Å². The van der Waals surface area contributed by atoms with Gasteiger partial charge in [0, 0.05) is 12.8 Å². The molecule has 0 aliphatic carbocycles. The first kappa shape index (κ1) is 9.70. The lowest BCUT2D eigenvalue weighted by atomic mass is 10.1. The van der Waals surface area contributed by atoms with Gasteiger partial charge in [-0.25, -0.2) is 9.79 Å². The van der Waals surface area contributed by atoms with Crippen LogP contribution in [0.2, 0.25) is 0 Å². The molecule has 1 aliphatic rings. The molecule has 0 aromatic heterocycles. The van der Waals surface area contributed by atoms with E-state index in [4.69, 9.17) is 4.74 Å². The molecule has 13 heavy (non-hydrogen) atoms. The van der Waals surface area contributed by atoms with E-state index in [2.05, 4.69) is 10.3 Å². The molecule has 5 heteroatoms. The van der Waals surface area contributed by atoms with Gasteiger partial charge in [0.05, 0.1) is 6.10 Å². The van der Waals surface area contributed by atoms with Crippen molar-refractivity contribution in [3.05, 3.63) is 0 Å². The second-order valence-electron chi connectivity index (χ2n) is 3.06. The highest BCUT2D eigenvalue weighted by Gasteiger charge is 2.22. The number of carbonyl (C=O) groups is 2. The van der Waals surface area contributed by atoms with Crippen LogP contribution in [-0.2, 0) is 9.53 Å².